The molecule has 0 aliphatic heterocycles. The predicted octanol–water partition coefficient (Wildman–Crippen LogP) is 6.80. The zero-order chi connectivity index (χ0) is 21.3. The Balaban J connectivity index is 1.59. The van der Waals surface area contributed by atoms with Crippen LogP contribution < -0.4 is 5.43 Å². The number of benzene rings is 1. The second-order valence-electron chi connectivity index (χ2n) is 9.38. The molecule has 0 saturated heterocycles. The first-order chi connectivity index (χ1) is 14.4. The molecule has 5 heteroatoms. The van der Waals surface area contributed by atoms with Gasteiger partial charge in [0.25, 0.3) is 0 Å². The van der Waals surface area contributed by atoms with E-state index < -0.39 is 0 Å². The van der Waals surface area contributed by atoms with Crippen molar-refractivity contribution in [2.75, 3.05) is 5.43 Å². The largest absolute Gasteiger partial charge is 0.261 e. The van der Waals surface area contributed by atoms with Crippen LogP contribution in [0.4, 0.5) is 5.82 Å². The Labute approximate surface area is 183 Å². The van der Waals surface area contributed by atoms with Crippen LogP contribution >= 0.6 is 11.3 Å². The van der Waals surface area contributed by atoms with E-state index in [1.54, 1.807) is 6.33 Å². The average molecular weight is 421 g/mol. The van der Waals surface area contributed by atoms with Crippen LogP contribution in [0.3, 0.4) is 0 Å². The molecule has 0 amide bonds. The highest BCUT2D eigenvalue weighted by Gasteiger charge is 2.33. The van der Waals surface area contributed by atoms with Crippen LogP contribution in [-0.2, 0) is 12.8 Å². The Morgan fingerprint density at radius 2 is 2.00 bits per heavy atom. The summed E-state index contributed by atoms with van der Waals surface area (Å²) in [5.74, 6) is 2.06. The molecule has 30 heavy (non-hydrogen) atoms. The van der Waals surface area contributed by atoms with Crippen LogP contribution in [0, 0.1) is 11.3 Å². The highest BCUT2D eigenvalue weighted by atomic mass is 32.1. The highest BCUT2D eigenvalue weighted by molar-refractivity contribution is 7.19. The molecule has 0 bridgehead atoms. The SMILES string of the molecule is CCC(C)(C)[C@H]1CCc2sc3ncnc(N/N=C\c4ccc(C(C)C)cc4)c3c2C1. The summed E-state index contributed by atoms with van der Waals surface area (Å²) in [5, 5.41) is 5.66. The predicted molar refractivity (Wildman–Crippen MR) is 129 cm³/mol. The van der Waals surface area contributed by atoms with Crippen molar-refractivity contribution in [2.24, 2.45) is 16.4 Å². The number of rotatable bonds is 6. The molecule has 1 N–H and O–H groups in total. The standard InChI is InChI=1S/C25H32N4S/c1-6-25(4,5)19-11-12-21-20(13-19)22-23(26-15-27-24(22)30-21)29-28-14-17-7-9-18(10-8-17)16(2)3/h7-10,14-16,19H,6,11-13H2,1-5H3,(H,26,27,29)/b28-14-/t19-/m0/s1. The molecule has 158 valence electrons. The van der Waals surface area contributed by atoms with Crippen molar-refractivity contribution in [1.29, 1.82) is 0 Å². The van der Waals surface area contributed by atoms with Crippen molar-refractivity contribution in [3.05, 3.63) is 52.2 Å². The Morgan fingerprint density at radius 1 is 1.23 bits per heavy atom. The van der Waals surface area contributed by atoms with Crippen LogP contribution in [0.15, 0.2) is 35.7 Å². The zero-order valence-electron chi connectivity index (χ0n) is 18.7. The molecule has 4 rings (SSSR count). The maximum Gasteiger partial charge on any atom is 0.158 e. The molecule has 0 unspecified atom stereocenters. The summed E-state index contributed by atoms with van der Waals surface area (Å²) in [5.41, 5.74) is 7.41. The lowest BCUT2D eigenvalue weighted by Crippen LogP contribution is -2.28. The molecule has 2 heterocycles. The van der Waals surface area contributed by atoms with E-state index in [2.05, 4.69) is 79.4 Å². The molecule has 0 saturated carbocycles. The van der Waals surface area contributed by atoms with Crippen molar-refractivity contribution < 1.29 is 0 Å². The topological polar surface area (TPSA) is 50.2 Å². The number of nitrogens with one attached hydrogen (secondary N) is 1. The Kier molecular flexibility index (Phi) is 5.92. The van der Waals surface area contributed by atoms with Gasteiger partial charge in [-0.3, -0.25) is 5.43 Å². The van der Waals surface area contributed by atoms with E-state index in [0.29, 0.717) is 17.3 Å². The summed E-state index contributed by atoms with van der Waals surface area (Å²) in [6.07, 6.45) is 8.23. The van der Waals surface area contributed by atoms with E-state index in [0.717, 1.165) is 29.1 Å². The molecular formula is C25H32N4S. The summed E-state index contributed by atoms with van der Waals surface area (Å²) in [6.45, 7) is 11.5. The number of hydrazone groups is 1. The summed E-state index contributed by atoms with van der Waals surface area (Å²) >= 11 is 1.83. The van der Waals surface area contributed by atoms with Crippen LogP contribution in [0.2, 0.25) is 0 Å². The lowest BCUT2D eigenvalue weighted by Gasteiger charge is -2.36. The number of hydrogen-bond acceptors (Lipinski definition) is 5. The summed E-state index contributed by atoms with van der Waals surface area (Å²) in [7, 11) is 0. The number of aromatic nitrogens is 2. The third kappa shape index (κ3) is 4.13. The summed E-state index contributed by atoms with van der Waals surface area (Å²) < 4.78 is 0. The Bertz CT molecular complexity index is 1050. The first-order valence-electron chi connectivity index (χ1n) is 11.0. The number of fused-ring (bicyclic) bond motifs is 3. The van der Waals surface area contributed by atoms with Gasteiger partial charge in [-0.2, -0.15) is 5.10 Å². The van der Waals surface area contributed by atoms with Gasteiger partial charge in [0.15, 0.2) is 5.82 Å². The van der Waals surface area contributed by atoms with Gasteiger partial charge in [0.05, 0.1) is 11.6 Å². The van der Waals surface area contributed by atoms with E-state index in [4.69, 9.17) is 0 Å². The maximum atomic E-state index is 4.56. The van der Waals surface area contributed by atoms with Gasteiger partial charge in [-0.1, -0.05) is 65.3 Å². The average Bonchev–Trinajstić information content (AvgIpc) is 3.12. The van der Waals surface area contributed by atoms with E-state index in [1.165, 1.54) is 34.2 Å². The van der Waals surface area contributed by atoms with Crippen LogP contribution in [0.25, 0.3) is 10.2 Å². The van der Waals surface area contributed by atoms with Gasteiger partial charge in [0, 0.05) is 4.88 Å². The molecule has 1 aromatic carbocycles. The normalized spacial score (nSPS) is 17.1. The third-order valence-electron chi connectivity index (χ3n) is 6.84. The van der Waals surface area contributed by atoms with Crippen molar-refractivity contribution in [3.63, 3.8) is 0 Å². The van der Waals surface area contributed by atoms with E-state index in [9.17, 15) is 0 Å². The van der Waals surface area contributed by atoms with Gasteiger partial charge in [-0.15, -0.1) is 11.3 Å². The molecule has 4 nitrogen and oxygen atoms in total. The van der Waals surface area contributed by atoms with Crippen molar-refractivity contribution in [3.8, 4) is 0 Å². The minimum absolute atomic E-state index is 0.357. The van der Waals surface area contributed by atoms with Gasteiger partial charge in [0.2, 0.25) is 0 Å². The van der Waals surface area contributed by atoms with Gasteiger partial charge < -0.3 is 0 Å². The molecule has 0 spiro atoms. The van der Waals surface area contributed by atoms with Gasteiger partial charge in [-0.05, 0) is 53.2 Å². The van der Waals surface area contributed by atoms with Crippen LogP contribution in [0.5, 0.6) is 0 Å². The van der Waals surface area contributed by atoms with E-state index in [-0.39, 0.29) is 0 Å². The molecule has 0 fully saturated rings. The lowest BCUT2D eigenvalue weighted by atomic mass is 9.69. The van der Waals surface area contributed by atoms with E-state index in [1.807, 2.05) is 17.6 Å². The van der Waals surface area contributed by atoms with Gasteiger partial charge in [0.1, 0.15) is 11.2 Å². The van der Waals surface area contributed by atoms with Gasteiger partial charge in [-0.25, -0.2) is 9.97 Å². The first kappa shape index (κ1) is 21.0. The van der Waals surface area contributed by atoms with Crippen molar-refractivity contribution in [2.45, 2.75) is 66.2 Å². The number of nitrogens with zero attached hydrogens (tertiary/aromatic N) is 3. The lowest BCUT2D eigenvalue weighted by molar-refractivity contribution is 0.184. The Morgan fingerprint density at radius 3 is 2.70 bits per heavy atom. The third-order valence-corrected chi connectivity index (χ3v) is 8.04. The minimum Gasteiger partial charge on any atom is -0.261 e. The number of anilines is 1. The number of hydrogen-bond donors (Lipinski definition) is 1. The quantitative estimate of drug-likeness (QED) is 0.352. The minimum atomic E-state index is 0.357. The summed E-state index contributed by atoms with van der Waals surface area (Å²) in [6, 6.07) is 8.56. The second kappa shape index (κ2) is 8.46. The number of aryl methyl sites for hydroxylation is 1. The molecule has 1 aliphatic rings. The molecule has 1 atom stereocenters. The smallest absolute Gasteiger partial charge is 0.158 e. The molecule has 3 aromatic rings. The van der Waals surface area contributed by atoms with Crippen LogP contribution in [-0.4, -0.2) is 16.2 Å². The fourth-order valence-corrected chi connectivity index (χ4v) is 5.47. The highest BCUT2D eigenvalue weighted by Crippen LogP contribution is 2.45. The fraction of sp³-hybridized carbons (Fsp3) is 0.480. The fourth-order valence-electron chi connectivity index (χ4n) is 4.28. The molecule has 2 aromatic heterocycles. The first-order valence-corrected chi connectivity index (χ1v) is 11.8. The second-order valence-corrected chi connectivity index (χ2v) is 10.5. The van der Waals surface area contributed by atoms with E-state index >= 15 is 0 Å². The molecular weight excluding hydrogens is 388 g/mol. The summed E-state index contributed by atoms with van der Waals surface area (Å²) in [4.78, 5) is 11.6. The van der Waals surface area contributed by atoms with Gasteiger partial charge >= 0.3 is 0 Å². The molecule has 0 radical (unpaired) electrons. The van der Waals surface area contributed by atoms with Crippen molar-refractivity contribution in [1.82, 2.24) is 9.97 Å². The van der Waals surface area contributed by atoms with Crippen LogP contribution in [0.1, 0.15) is 74.9 Å². The zero-order valence-corrected chi connectivity index (χ0v) is 19.5. The maximum absolute atomic E-state index is 4.56. The molecule has 1 aliphatic carbocycles. The van der Waals surface area contributed by atoms with Crippen molar-refractivity contribution >= 4 is 33.6 Å². The Hall–Kier alpha value is -2.27. The monoisotopic (exact) mass is 420 g/mol. The number of thiophene rings is 1.